The average molecular weight is 314 g/mol. The predicted molar refractivity (Wildman–Crippen MR) is 86.8 cm³/mol. The van der Waals surface area contributed by atoms with Crippen LogP contribution in [0.15, 0.2) is 53.5 Å². The predicted octanol–water partition coefficient (Wildman–Crippen LogP) is 0.854. The maximum Gasteiger partial charge on any atom is 1.00 e. The molecule has 0 radical (unpaired) electrons. The number of hydrogen-bond acceptors (Lipinski definition) is 2. The second-order valence-corrected chi connectivity index (χ2v) is 5.23. The SMILES string of the molecule is Cn1c2c(c3ccc(-c4ccccc4)cc31)N=C[N-]C2N.[K+]. The molecule has 22 heavy (non-hydrogen) atoms. The summed E-state index contributed by atoms with van der Waals surface area (Å²) in [5.74, 6) is 0. The van der Waals surface area contributed by atoms with Crippen LogP contribution in [0.1, 0.15) is 11.9 Å². The summed E-state index contributed by atoms with van der Waals surface area (Å²) in [4.78, 5) is 4.40. The number of rotatable bonds is 1. The van der Waals surface area contributed by atoms with Gasteiger partial charge in [-0.2, -0.15) is 0 Å². The fourth-order valence-corrected chi connectivity index (χ4v) is 2.95. The van der Waals surface area contributed by atoms with E-state index in [9.17, 15) is 0 Å². The molecule has 0 fully saturated rings. The fourth-order valence-electron chi connectivity index (χ4n) is 2.95. The first-order valence-corrected chi connectivity index (χ1v) is 6.91. The molecule has 4 nitrogen and oxygen atoms in total. The van der Waals surface area contributed by atoms with Gasteiger partial charge in [0.25, 0.3) is 0 Å². The van der Waals surface area contributed by atoms with Crippen molar-refractivity contribution in [2.75, 3.05) is 0 Å². The quantitative estimate of drug-likeness (QED) is 0.665. The van der Waals surface area contributed by atoms with Crippen LogP contribution in [0.2, 0.25) is 0 Å². The topological polar surface area (TPSA) is 57.4 Å². The van der Waals surface area contributed by atoms with Crippen molar-refractivity contribution in [2.45, 2.75) is 6.17 Å². The van der Waals surface area contributed by atoms with E-state index in [1.54, 1.807) is 6.34 Å². The Kier molecular flexibility index (Phi) is 4.54. The second kappa shape index (κ2) is 6.27. The zero-order chi connectivity index (χ0) is 14.4. The van der Waals surface area contributed by atoms with Crippen LogP contribution in [0.25, 0.3) is 27.3 Å². The van der Waals surface area contributed by atoms with Crippen molar-refractivity contribution in [2.24, 2.45) is 17.8 Å². The van der Waals surface area contributed by atoms with Gasteiger partial charge >= 0.3 is 51.4 Å². The third kappa shape index (κ3) is 2.48. The Bertz CT molecular complexity index is 852. The molecule has 1 aliphatic heterocycles. The molecule has 0 amide bonds. The molecule has 0 spiro atoms. The third-order valence-electron chi connectivity index (χ3n) is 4.02. The van der Waals surface area contributed by atoms with Gasteiger partial charge < -0.3 is 20.6 Å². The van der Waals surface area contributed by atoms with Crippen LogP contribution in [0.3, 0.4) is 0 Å². The smallest absolute Gasteiger partial charge is 0.451 e. The van der Waals surface area contributed by atoms with Gasteiger partial charge in [-0.3, -0.25) is 0 Å². The summed E-state index contributed by atoms with van der Waals surface area (Å²) in [5, 5.41) is 5.29. The first-order chi connectivity index (χ1) is 10.3. The number of benzene rings is 2. The summed E-state index contributed by atoms with van der Waals surface area (Å²) in [5.41, 5.74) is 11.5. The van der Waals surface area contributed by atoms with Crippen LogP contribution >= 0.6 is 0 Å². The van der Waals surface area contributed by atoms with E-state index in [0.29, 0.717) is 0 Å². The molecular formula is C17H15KN4. The van der Waals surface area contributed by atoms with Crippen molar-refractivity contribution in [3.05, 3.63) is 59.5 Å². The van der Waals surface area contributed by atoms with Gasteiger partial charge in [-0.15, -0.1) is 0 Å². The van der Waals surface area contributed by atoms with E-state index in [4.69, 9.17) is 5.73 Å². The Morgan fingerprint density at radius 1 is 1.09 bits per heavy atom. The molecule has 2 aromatic carbocycles. The molecule has 0 aliphatic carbocycles. The van der Waals surface area contributed by atoms with Crippen LogP contribution < -0.4 is 57.1 Å². The van der Waals surface area contributed by atoms with Crippen LogP contribution in [-0.2, 0) is 7.05 Å². The Labute approximate surface area is 171 Å². The Hall–Kier alpha value is -0.954. The molecule has 1 unspecified atom stereocenters. The van der Waals surface area contributed by atoms with E-state index >= 15 is 0 Å². The summed E-state index contributed by atoms with van der Waals surface area (Å²) in [6, 6.07) is 16.8. The fraction of sp³-hybridized carbons (Fsp3) is 0.118. The number of fused-ring (bicyclic) bond motifs is 3. The minimum Gasteiger partial charge on any atom is -0.451 e. The van der Waals surface area contributed by atoms with Gasteiger partial charge in [-0.1, -0.05) is 48.8 Å². The third-order valence-corrected chi connectivity index (χ3v) is 4.02. The van der Waals surface area contributed by atoms with Crippen molar-refractivity contribution in [1.82, 2.24) is 4.57 Å². The molecule has 1 aliphatic rings. The zero-order valence-corrected chi connectivity index (χ0v) is 15.8. The van der Waals surface area contributed by atoms with Crippen molar-refractivity contribution < 1.29 is 51.4 Å². The maximum atomic E-state index is 6.08. The molecule has 4 rings (SSSR count). The van der Waals surface area contributed by atoms with Gasteiger partial charge in [0.15, 0.2) is 0 Å². The summed E-state index contributed by atoms with van der Waals surface area (Å²) >= 11 is 0. The first kappa shape index (κ1) is 15.9. The van der Waals surface area contributed by atoms with Crippen molar-refractivity contribution >= 4 is 22.9 Å². The zero-order valence-electron chi connectivity index (χ0n) is 12.7. The summed E-state index contributed by atoms with van der Waals surface area (Å²) in [6.45, 7) is 0. The molecule has 1 atom stereocenters. The van der Waals surface area contributed by atoms with E-state index in [-0.39, 0.29) is 57.6 Å². The Balaban J connectivity index is 0.00000144. The Morgan fingerprint density at radius 2 is 1.86 bits per heavy atom. The molecule has 2 heterocycles. The van der Waals surface area contributed by atoms with Gasteiger partial charge in [0.05, 0.1) is 6.17 Å². The molecule has 3 aromatic rings. The number of aliphatic imine (C=N–C) groups is 1. The van der Waals surface area contributed by atoms with Crippen molar-refractivity contribution in [3.63, 3.8) is 0 Å². The second-order valence-electron chi connectivity index (χ2n) is 5.23. The minimum atomic E-state index is -0.338. The molecule has 0 saturated heterocycles. The van der Waals surface area contributed by atoms with Crippen molar-refractivity contribution in [3.8, 4) is 11.1 Å². The molecule has 104 valence electrons. The average Bonchev–Trinajstić information content (AvgIpc) is 2.82. The minimum absolute atomic E-state index is 0. The van der Waals surface area contributed by atoms with Crippen LogP contribution in [0.5, 0.6) is 0 Å². The van der Waals surface area contributed by atoms with Crippen LogP contribution in [0, 0.1) is 0 Å². The van der Waals surface area contributed by atoms with Crippen LogP contribution in [0.4, 0.5) is 5.69 Å². The number of aromatic nitrogens is 1. The summed E-state index contributed by atoms with van der Waals surface area (Å²) in [7, 11) is 2.02. The molecule has 0 bridgehead atoms. The van der Waals surface area contributed by atoms with Crippen molar-refractivity contribution in [1.29, 1.82) is 0 Å². The van der Waals surface area contributed by atoms with Gasteiger partial charge in [-0.25, -0.2) is 0 Å². The standard InChI is InChI=1S/C17H15N4.K/c1-21-14-9-12(11-5-3-2-4-6-11)7-8-13(14)15-16(21)17(18)20-10-19-15;/h2-10,17H,18H2,1H3;/q-1;+1. The summed E-state index contributed by atoms with van der Waals surface area (Å²) < 4.78 is 2.10. The number of aryl methyl sites for hydroxylation is 1. The van der Waals surface area contributed by atoms with Gasteiger partial charge in [-0.05, 0) is 22.9 Å². The molecule has 5 heteroatoms. The number of hydrogen-bond donors (Lipinski definition) is 1. The van der Waals surface area contributed by atoms with E-state index in [1.165, 1.54) is 11.1 Å². The van der Waals surface area contributed by atoms with Gasteiger partial charge in [0, 0.05) is 23.6 Å². The number of nitrogens with zero attached hydrogens (tertiary/aromatic N) is 3. The van der Waals surface area contributed by atoms with Gasteiger partial charge in [0.2, 0.25) is 0 Å². The first-order valence-electron chi connectivity index (χ1n) is 6.91. The van der Waals surface area contributed by atoms with Crippen LogP contribution in [-0.4, -0.2) is 10.9 Å². The van der Waals surface area contributed by atoms with E-state index in [2.05, 4.69) is 57.3 Å². The summed E-state index contributed by atoms with van der Waals surface area (Å²) in [6.07, 6.45) is 1.22. The largest absolute Gasteiger partial charge is 1.00 e. The van der Waals surface area contributed by atoms with E-state index in [1.807, 2.05) is 13.1 Å². The molecule has 1 aromatic heterocycles. The number of nitrogens with two attached hydrogens (primary N) is 1. The normalized spacial score (nSPS) is 16.0. The van der Waals surface area contributed by atoms with Gasteiger partial charge in [0.1, 0.15) is 0 Å². The molecular weight excluding hydrogens is 299 g/mol. The monoisotopic (exact) mass is 314 g/mol. The molecule has 0 saturated carbocycles. The van der Waals surface area contributed by atoms with E-state index in [0.717, 1.165) is 22.3 Å². The molecule has 2 N–H and O–H groups in total. The Morgan fingerprint density at radius 3 is 2.64 bits per heavy atom. The van der Waals surface area contributed by atoms with E-state index < -0.39 is 0 Å². The maximum absolute atomic E-state index is 6.08.